The molecule has 39 heavy (non-hydrogen) atoms. The van der Waals surface area contributed by atoms with Crippen LogP contribution in [0.15, 0.2) is 71.6 Å². The van der Waals surface area contributed by atoms with Crippen LogP contribution >= 0.6 is 0 Å². The van der Waals surface area contributed by atoms with E-state index in [1.807, 2.05) is 71.0 Å². The Morgan fingerprint density at radius 1 is 0.872 bits per heavy atom. The molecule has 0 aromatic heterocycles. The predicted octanol–water partition coefficient (Wildman–Crippen LogP) is 5.06. The Balaban J connectivity index is 2.06. The van der Waals surface area contributed by atoms with Gasteiger partial charge in [-0.1, -0.05) is 66.6 Å². The first-order chi connectivity index (χ1) is 18.4. The van der Waals surface area contributed by atoms with Crippen LogP contribution in [0.5, 0.6) is 0 Å². The molecule has 0 fully saturated rings. The van der Waals surface area contributed by atoms with Crippen molar-refractivity contribution in [2.24, 2.45) is 0 Å². The molecule has 8 heteroatoms. The van der Waals surface area contributed by atoms with Crippen LogP contribution in [0.2, 0.25) is 0 Å². The molecule has 0 aliphatic rings. The lowest BCUT2D eigenvalue weighted by molar-refractivity contribution is -0.139. The summed E-state index contributed by atoms with van der Waals surface area (Å²) in [5.41, 5.74) is 4.94. The highest BCUT2D eigenvalue weighted by molar-refractivity contribution is 7.92. The average Bonchev–Trinajstić information content (AvgIpc) is 2.90. The van der Waals surface area contributed by atoms with Gasteiger partial charge in [-0.3, -0.25) is 13.9 Å². The van der Waals surface area contributed by atoms with E-state index in [2.05, 4.69) is 5.32 Å². The zero-order chi connectivity index (χ0) is 28.7. The number of hydrogen-bond donors (Lipinski definition) is 1. The van der Waals surface area contributed by atoms with Crippen molar-refractivity contribution < 1.29 is 18.0 Å². The fraction of sp³-hybridized carbons (Fsp3) is 0.355. The quantitative estimate of drug-likeness (QED) is 0.362. The van der Waals surface area contributed by atoms with Crippen molar-refractivity contribution in [3.05, 3.63) is 94.5 Å². The van der Waals surface area contributed by atoms with E-state index in [9.17, 15) is 18.0 Å². The van der Waals surface area contributed by atoms with Gasteiger partial charge in [0.15, 0.2) is 0 Å². The van der Waals surface area contributed by atoms with Crippen LogP contribution < -0.4 is 9.62 Å². The maximum Gasteiger partial charge on any atom is 0.264 e. The molecule has 0 saturated carbocycles. The van der Waals surface area contributed by atoms with Gasteiger partial charge in [0.1, 0.15) is 12.6 Å². The van der Waals surface area contributed by atoms with Crippen LogP contribution in [0.3, 0.4) is 0 Å². The number of rotatable bonds is 11. The van der Waals surface area contributed by atoms with Crippen molar-refractivity contribution in [3.63, 3.8) is 0 Å². The molecule has 0 bridgehead atoms. The van der Waals surface area contributed by atoms with Gasteiger partial charge in [-0.05, 0) is 75.9 Å². The molecule has 0 spiro atoms. The Labute approximate surface area is 232 Å². The SMILES string of the molecule is CCCNC(=O)[C@H](C)N(Cc1ccccc1C)C(=O)CN(c1ccc(C)cc1C)S(=O)(=O)c1ccc(C)cc1. The third kappa shape index (κ3) is 7.26. The highest BCUT2D eigenvalue weighted by atomic mass is 32.2. The van der Waals surface area contributed by atoms with Gasteiger partial charge >= 0.3 is 0 Å². The second kappa shape index (κ2) is 12.9. The summed E-state index contributed by atoms with van der Waals surface area (Å²) in [5.74, 6) is -0.744. The summed E-state index contributed by atoms with van der Waals surface area (Å²) in [5, 5.41) is 2.86. The molecule has 1 atom stereocenters. The van der Waals surface area contributed by atoms with Gasteiger partial charge in [-0.15, -0.1) is 0 Å². The lowest BCUT2D eigenvalue weighted by Crippen LogP contribution is -2.51. The Kier molecular flexibility index (Phi) is 9.92. The van der Waals surface area contributed by atoms with E-state index < -0.39 is 28.5 Å². The molecular weight excluding hydrogens is 510 g/mol. The van der Waals surface area contributed by atoms with Gasteiger partial charge in [0.2, 0.25) is 11.8 Å². The maximum atomic E-state index is 14.0. The molecule has 0 aliphatic heterocycles. The smallest absolute Gasteiger partial charge is 0.264 e. The largest absolute Gasteiger partial charge is 0.354 e. The minimum atomic E-state index is -4.09. The van der Waals surface area contributed by atoms with E-state index in [1.165, 1.54) is 4.90 Å². The van der Waals surface area contributed by atoms with Crippen molar-refractivity contribution >= 4 is 27.5 Å². The van der Waals surface area contributed by atoms with E-state index in [0.29, 0.717) is 12.2 Å². The summed E-state index contributed by atoms with van der Waals surface area (Å²) in [7, 11) is -4.09. The number of aryl methyl sites for hydroxylation is 4. The van der Waals surface area contributed by atoms with Crippen LogP contribution in [-0.4, -0.2) is 44.3 Å². The maximum absolute atomic E-state index is 14.0. The predicted molar refractivity (Wildman–Crippen MR) is 156 cm³/mol. The lowest BCUT2D eigenvalue weighted by atomic mass is 10.1. The molecule has 0 saturated heterocycles. The van der Waals surface area contributed by atoms with Gasteiger partial charge < -0.3 is 10.2 Å². The van der Waals surface area contributed by atoms with E-state index in [-0.39, 0.29) is 17.3 Å². The number of hydrogen-bond acceptors (Lipinski definition) is 4. The topological polar surface area (TPSA) is 86.8 Å². The number of nitrogens with zero attached hydrogens (tertiary/aromatic N) is 2. The number of carbonyl (C=O) groups is 2. The number of carbonyl (C=O) groups excluding carboxylic acids is 2. The van der Waals surface area contributed by atoms with Crippen LogP contribution in [-0.2, 0) is 26.2 Å². The van der Waals surface area contributed by atoms with E-state index in [0.717, 1.165) is 38.5 Å². The first kappa shape index (κ1) is 29.9. The molecule has 3 rings (SSSR count). The molecular formula is C31H39N3O4S. The van der Waals surface area contributed by atoms with Crippen LogP contribution in [0, 0.1) is 27.7 Å². The molecule has 1 N–H and O–H groups in total. The zero-order valence-corrected chi connectivity index (χ0v) is 24.5. The van der Waals surface area contributed by atoms with E-state index in [1.54, 1.807) is 37.3 Å². The third-order valence-electron chi connectivity index (χ3n) is 6.83. The van der Waals surface area contributed by atoms with E-state index in [4.69, 9.17) is 0 Å². The fourth-order valence-electron chi connectivity index (χ4n) is 4.39. The highest BCUT2D eigenvalue weighted by Gasteiger charge is 2.33. The second-order valence-corrected chi connectivity index (χ2v) is 11.9. The van der Waals surface area contributed by atoms with Gasteiger partial charge in [0.25, 0.3) is 10.0 Å². The van der Waals surface area contributed by atoms with E-state index >= 15 is 0 Å². The first-order valence-electron chi connectivity index (χ1n) is 13.2. The van der Waals surface area contributed by atoms with Crippen molar-refractivity contribution in [3.8, 4) is 0 Å². The number of sulfonamides is 1. The Bertz CT molecular complexity index is 1420. The van der Waals surface area contributed by atoms with Gasteiger partial charge in [-0.2, -0.15) is 0 Å². The molecule has 0 unspecified atom stereocenters. The number of anilines is 1. The summed E-state index contributed by atoms with van der Waals surface area (Å²) in [6.07, 6.45) is 0.763. The van der Waals surface area contributed by atoms with Crippen molar-refractivity contribution in [1.82, 2.24) is 10.2 Å². The normalized spacial score (nSPS) is 12.1. The minimum absolute atomic E-state index is 0.0973. The summed E-state index contributed by atoms with van der Waals surface area (Å²) in [4.78, 5) is 28.6. The Morgan fingerprint density at radius 3 is 2.13 bits per heavy atom. The molecule has 3 aromatic rings. The zero-order valence-electron chi connectivity index (χ0n) is 23.7. The molecule has 0 heterocycles. The minimum Gasteiger partial charge on any atom is -0.354 e. The highest BCUT2D eigenvalue weighted by Crippen LogP contribution is 2.28. The first-order valence-corrected chi connectivity index (χ1v) is 14.7. The molecule has 208 valence electrons. The summed E-state index contributed by atoms with van der Waals surface area (Å²) in [6.45, 7) is 11.5. The Hall–Kier alpha value is -3.65. The average molecular weight is 550 g/mol. The van der Waals surface area contributed by atoms with Crippen molar-refractivity contribution in [1.29, 1.82) is 0 Å². The lowest BCUT2D eigenvalue weighted by Gasteiger charge is -2.32. The number of benzene rings is 3. The monoisotopic (exact) mass is 549 g/mol. The van der Waals surface area contributed by atoms with Gasteiger partial charge in [0, 0.05) is 13.1 Å². The van der Waals surface area contributed by atoms with Crippen LogP contribution in [0.25, 0.3) is 0 Å². The van der Waals surface area contributed by atoms with Crippen LogP contribution in [0.4, 0.5) is 5.69 Å². The van der Waals surface area contributed by atoms with Crippen molar-refractivity contribution in [2.75, 3.05) is 17.4 Å². The summed E-state index contributed by atoms with van der Waals surface area (Å²) >= 11 is 0. The van der Waals surface area contributed by atoms with Crippen LogP contribution in [0.1, 0.15) is 48.1 Å². The molecule has 3 aromatic carbocycles. The fourth-order valence-corrected chi connectivity index (χ4v) is 5.86. The second-order valence-electron chi connectivity index (χ2n) is 10.0. The van der Waals surface area contributed by atoms with Gasteiger partial charge in [-0.25, -0.2) is 8.42 Å². The van der Waals surface area contributed by atoms with Crippen molar-refractivity contribution in [2.45, 2.75) is 65.4 Å². The summed E-state index contributed by atoms with van der Waals surface area (Å²) in [6, 6.07) is 18.9. The molecule has 7 nitrogen and oxygen atoms in total. The van der Waals surface area contributed by atoms with Gasteiger partial charge in [0.05, 0.1) is 10.6 Å². The molecule has 2 amide bonds. The molecule has 0 radical (unpaired) electrons. The third-order valence-corrected chi connectivity index (χ3v) is 8.60. The summed E-state index contributed by atoms with van der Waals surface area (Å²) < 4.78 is 29.1. The number of nitrogens with one attached hydrogen (secondary N) is 1. The Morgan fingerprint density at radius 2 is 1.51 bits per heavy atom. The standard InChI is InChI=1S/C31H39N3O4S/c1-7-18-32-31(36)26(6)33(20-27-11-9-8-10-24(27)4)30(35)21-34(29-17-14-23(3)19-25(29)5)39(37,38)28-15-12-22(2)13-16-28/h8-17,19,26H,7,18,20-21H2,1-6H3,(H,32,36)/t26-/m0/s1. The molecule has 0 aliphatic carbocycles. The number of amides is 2.